The van der Waals surface area contributed by atoms with Gasteiger partial charge in [-0.1, -0.05) is 30.3 Å². The molecule has 3 N–H and O–H groups in total. The minimum atomic E-state index is 0. The van der Waals surface area contributed by atoms with E-state index in [1.165, 1.54) is 5.56 Å². The molecule has 0 spiro atoms. The van der Waals surface area contributed by atoms with E-state index >= 15 is 0 Å². The second kappa shape index (κ2) is 11.3. The van der Waals surface area contributed by atoms with Gasteiger partial charge in [-0.05, 0) is 38.7 Å². The van der Waals surface area contributed by atoms with Gasteiger partial charge in [-0.15, -0.1) is 24.0 Å². The molecule has 1 atom stereocenters. The summed E-state index contributed by atoms with van der Waals surface area (Å²) in [5.41, 5.74) is 1.22. The van der Waals surface area contributed by atoms with E-state index in [9.17, 15) is 4.79 Å². The van der Waals surface area contributed by atoms with Gasteiger partial charge in [0.2, 0.25) is 5.91 Å². The van der Waals surface area contributed by atoms with Gasteiger partial charge in [0.1, 0.15) is 0 Å². The number of nitrogens with zero attached hydrogens (tertiary/aromatic N) is 1. The van der Waals surface area contributed by atoms with Gasteiger partial charge in [-0.3, -0.25) is 9.79 Å². The van der Waals surface area contributed by atoms with Crippen molar-refractivity contribution >= 4 is 35.8 Å². The Hall–Kier alpha value is -1.31. The summed E-state index contributed by atoms with van der Waals surface area (Å²) in [6.07, 6.45) is 3.59. The van der Waals surface area contributed by atoms with Crippen molar-refractivity contribution in [2.75, 3.05) is 13.1 Å². The lowest BCUT2D eigenvalue weighted by Gasteiger charge is -2.18. The molecule has 134 valence electrons. The predicted molar refractivity (Wildman–Crippen MR) is 110 cm³/mol. The lowest BCUT2D eigenvalue weighted by molar-refractivity contribution is -0.121. The van der Waals surface area contributed by atoms with Gasteiger partial charge >= 0.3 is 0 Å². The summed E-state index contributed by atoms with van der Waals surface area (Å²) in [7, 11) is 0. The summed E-state index contributed by atoms with van der Waals surface area (Å²) < 4.78 is 0. The van der Waals surface area contributed by atoms with Crippen LogP contribution in [0, 0.1) is 0 Å². The molecule has 0 heterocycles. The molecule has 0 bridgehead atoms. The molecule has 1 aliphatic rings. The normalized spacial score (nSPS) is 15.2. The molecule has 6 heteroatoms. The molecule has 1 unspecified atom stereocenters. The SMILES string of the molecule is CCNC(=NCCCC(=O)NC1CC1)NC(C)c1ccccc1.I. The van der Waals surface area contributed by atoms with Crippen molar-refractivity contribution in [1.29, 1.82) is 0 Å². The Balaban J connectivity index is 0.00000288. The standard InChI is InChI=1S/C18H28N4O.HI/c1-3-19-18(21-14(2)15-8-5-4-6-9-15)20-13-7-10-17(23)22-16-11-12-16;/h4-6,8-9,14,16H,3,7,10-13H2,1-2H3,(H,22,23)(H2,19,20,21);1H. The number of carbonyl (C=O) groups excluding carboxylic acids is 1. The van der Waals surface area contributed by atoms with Gasteiger partial charge in [0.05, 0.1) is 6.04 Å². The van der Waals surface area contributed by atoms with Crippen molar-refractivity contribution < 1.29 is 4.79 Å². The first kappa shape index (κ1) is 20.7. The first-order chi connectivity index (χ1) is 11.2. The van der Waals surface area contributed by atoms with Crippen molar-refractivity contribution in [1.82, 2.24) is 16.0 Å². The van der Waals surface area contributed by atoms with Crippen molar-refractivity contribution in [2.24, 2.45) is 4.99 Å². The number of amides is 1. The van der Waals surface area contributed by atoms with Crippen LogP contribution >= 0.6 is 24.0 Å². The third kappa shape index (κ3) is 7.99. The molecule has 0 radical (unpaired) electrons. The number of nitrogens with one attached hydrogen (secondary N) is 3. The van der Waals surface area contributed by atoms with Crippen molar-refractivity contribution in [3.63, 3.8) is 0 Å². The average molecular weight is 444 g/mol. The number of hydrogen-bond acceptors (Lipinski definition) is 2. The highest BCUT2D eigenvalue weighted by molar-refractivity contribution is 14.0. The average Bonchev–Trinajstić information content (AvgIpc) is 3.36. The van der Waals surface area contributed by atoms with Crippen LogP contribution in [-0.2, 0) is 4.79 Å². The van der Waals surface area contributed by atoms with Crippen molar-refractivity contribution in [3.8, 4) is 0 Å². The third-order valence-electron chi connectivity index (χ3n) is 3.77. The van der Waals surface area contributed by atoms with Crippen LogP contribution in [0.2, 0.25) is 0 Å². The second-order valence-corrected chi connectivity index (χ2v) is 5.98. The Morgan fingerprint density at radius 1 is 1.29 bits per heavy atom. The van der Waals surface area contributed by atoms with Crippen LogP contribution in [-0.4, -0.2) is 31.0 Å². The molecule has 0 saturated heterocycles. The Morgan fingerprint density at radius 3 is 2.62 bits per heavy atom. The fourth-order valence-corrected chi connectivity index (χ4v) is 2.31. The maximum atomic E-state index is 11.6. The smallest absolute Gasteiger partial charge is 0.220 e. The largest absolute Gasteiger partial charge is 0.357 e. The monoisotopic (exact) mass is 444 g/mol. The molecule has 2 rings (SSSR count). The highest BCUT2D eigenvalue weighted by atomic mass is 127. The summed E-state index contributed by atoms with van der Waals surface area (Å²) in [6.45, 7) is 5.63. The van der Waals surface area contributed by atoms with Gasteiger partial charge in [-0.2, -0.15) is 0 Å². The van der Waals surface area contributed by atoms with Crippen LogP contribution in [0.4, 0.5) is 0 Å². The van der Waals surface area contributed by atoms with E-state index in [1.807, 2.05) is 25.1 Å². The second-order valence-electron chi connectivity index (χ2n) is 5.98. The summed E-state index contributed by atoms with van der Waals surface area (Å²) in [5.74, 6) is 0.949. The van der Waals surface area contributed by atoms with Crippen LogP contribution < -0.4 is 16.0 Å². The Bertz CT molecular complexity index is 517. The molecule has 5 nitrogen and oxygen atoms in total. The summed E-state index contributed by atoms with van der Waals surface area (Å²) in [6, 6.07) is 10.9. The fraction of sp³-hybridized carbons (Fsp3) is 0.556. The molecule has 1 amide bonds. The van der Waals surface area contributed by atoms with Gasteiger partial charge < -0.3 is 16.0 Å². The molecular weight excluding hydrogens is 415 g/mol. The topological polar surface area (TPSA) is 65.5 Å². The van der Waals surface area contributed by atoms with Crippen LogP contribution in [0.1, 0.15) is 51.1 Å². The maximum absolute atomic E-state index is 11.6. The first-order valence-electron chi connectivity index (χ1n) is 8.58. The maximum Gasteiger partial charge on any atom is 0.220 e. The van der Waals surface area contributed by atoms with E-state index in [1.54, 1.807) is 0 Å². The van der Waals surface area contributed by atoms with E-state index < -0.39 is 0 Å². The van der Waals surface area contributed by atoms with Crippen LogP contribution in [0.3, 0.4) is 0 Å². The van der Waals surface area contributed by atoms with Gasteiger partial charge in [0.25, 0.3) is 0 Å². The molecular formula is C18H29IN4O. The molecule has 1 fully saturated rings. The molecule has 1 aromatic carbocycles. The quantitative estimate of drug-likeness (QED) is 0.250. The number of guanidine groups is 1. The number of carbonyl (C=O) groups is 1. The van der Waals surface area contributed by atoms with E-state index in [0.29, 0.717) is 19.0 Å². The minimum absolute atomic E-state index is 0. The summed E-state index contributed by atoms with van der Waals surface area (Å²) in [5, 5.41) is 9.66. The zero-order valence-electron chi connectivity index (χ0n) is 14.5. The molecule has 1 aliphatic carbocycles. The van der Waals surface area contributed by atoms with Crippen molar-refractivity contribution in [2.45, 2.75) is 51.6 Å². The zero-order valence-corrected chi connectivity index (χ0v) is 16.9. The Morgan fingerprint density at radius 2 is 2.00 bits per heavy atom. The molecule has 1 saturated carbocycles. The summed E-state index contributed by atoms with van der Waals surface area (Å²) >= 11 is 0. The Labute approximate surface area is 162 Å². The number of rotatable bonds is 8. The summed E-state index contributed by atoms with van der Waals surface area (Å²) in [4.78, 5) is 16.2. The minimum Gasteiger partial charge on any atom is -0.357 e. The van der Waals surface area contributed by atoms with Gasteiger partial charge in [0, 0.05) is 25.6 Å². The van der Waals surface area contributed by atoms with Crippen molar-refractivity contribution in [3.05, 3.63) is 35.9 Å². The molecule has 0 aliphatic heterocycles. The van der Waals surface area contributed by atoms with E-state index in [2.05, 4.69) is 40.0 Å². The number of halogens is 1. The molecule has 1 aromatic rings. The van der Waals surface area contributed by atoms with Crippen LogP contribution in [0.5, 0.6) is 0 Å². The number of hydrogen-bond donors (Lipinski definition) is 3. The van der Waals surface area contributed by atoms with E-state index in [4.69, 9.17) is 0 Å². The predicted octanol–water partition coefficient (Wildman–Crippen LogP) is 2.98. The van der Waals surface area contributed by atoms with Crippen LogP contribution in [0.25, 0.3) is 0 Å². The molecule has 0 aromatic heterocycles. The first-order valence-corrected chi connectivity index (χ1v) is 8.58. The number of aliphatic imine (C=N–C) groups is 1. The van der Waals surface area contributed by atoms with Crippen LogP contribution in [0.15, 0.2) is 35.3 Å². The van der Waals surface area contributed by atoms with E-state index in [0.717, 1.165) is 31.8 Å². The highest BCUT2D eigenvalue weighted by Crippen LogP contribution is 2.18. The molecule has 24 heavy (non-hydrogen) atoms. The number of benzene rings is 1. The lowest BCUT2D eigenvalue weighted by atomic mass is 10.1. The third-order valence-corrected chi connectivity index (χ3v) is 3.77. The zero-order chi connectivity index (χ0) is 16.5. The lowest BCUT2D eigenvalue weighted by Crippen LogP contribution is -2.38. The highest BCUT2D eigenvalue weighted by Gasteiger charge is 2.22. The van der Waals surface area contributed by atoms with Gasteiger partial charge in [-0.25, -0.2) is 0 Å². The Kier molecular flexibility index (Phi) is 9.75. The van der Waals surface area contributed by atoms with Gasteiger partial charge in [0.15, 0.2) is 5.96 Å². The fourth-order valence-electron chi connectivity index (χ4n) is 2.31. The van der Waals surface area contributed by atoms with E-state index in [-0.39, 0.29) is 35.9 Å².